The third-order valence-electron chi connectivity index (χ3n) is 6.72. The minimum absolute atomic E-state index is 0.0618. The lowest BCUT2D eigenvalue weighted by Crippen LogP contribution is -2.47. The molecule has 1 amide bonds. The first-order valence-electron chi connectivity index (χ1n) is 12.2. The zero-order valence-corrected chi connectivity index (χ0v) is 20.1. The molecule has 1 N–H and O–H groups in total. The van der Waals surface area contributed by atoms with Crippen LogP contribution in [0.25, 0.3) is 22.2 Å². The molecule has 4 aromatic rings. The number of rotatable bonds is 7. The maximum Gasteiger partial charge on any atom is 0.241 e. The van der Waals surface area contributed by atoms with Crippen LogP contribution in [-0.4, -0.2) is 54.3 Å². The molecule has 0 spiro atoms. The number of piperazine rings is 1. The van der Waals surface area contributed by atoms with Gasteiger partial charge in [-0.2, -0.15) is 5.10 Å². The largest absolute Gasteiger partial charge is 0.369 e. The Kier molecular flexibility index (Phi) is 6.91. The van der Waals surface area contributed by atoms with E-state index >= 15 is 0 Å². The molecular formula is C29H31N5O. The second-order valence-electron chi connectivity index (χ2n) is 8.91. The number of amides is 1. The van der Waals surface area contributed by atoms with E-state index in [1.807, 2.05) is 36.4 Å². The van der Waals surface area contributed by atoms with E-state index in [1.165, 1.54) is 5.69 Å². The molecule has 6 heteroatoms. The molecule has 0 radical (unpaired) electrons. The molecular weight excluding hydrogens is 434 g/mol. The Hall–Kier alpha value is -3.90. The zero-order valence-electron chi connectivity index (χ0n) is 20.1. The van der Waals surface area contributed by atoms with Crippen LogP contribution in [0, 0.1) is 0 Å². The van der Waals surface area contributed by atoms with E-state index < -0.39 is 0 Å². The Morgan fingerprint density at radius 2 is 1.54 bits per heavy atom. The number of nitrogens with zero attached hydrogens (tertiary/aromatic N) is 4. The fourth-order valence-corrected chi connectivity index (χ4v) is 4.85. The number of anilines is 1. The number of carbonyl (C=O) groups excluding carboxylic acids is 1. The minimum Gasteiger partial charge on any atom is -0.369 e. The summed E-state index contributed by atoms with van der Waals surface area (Å²) >= 11 is 0. The Labute approximate surface area is 206 Å². The number of carbonyl (C=O) groups is 1. The quantitative estimate of drug-likeness (QED) is 0.323. The zero-order chi connectivity index (χ0) is 24.0. The maximum absolute atomic E-state index is 12.5. The first-order chi connectivity index (χ1) is 17.2. The summed E-state index contributed by atoms with van der Waals surface area (Å²) < 4.78 is 2.18. The number of benzene rings is 3. The van der Waals surface area contributed by atoms with Gasteiger partial charge in [0.05, 0.1) is 11.9 Å². The molecule has 35 heavy (non-hydrogen) atoms. The summed E-state index contributed by atoms with van der Waals surface area (Å²) in [5.41, 5.74) is 8.35. The summed E-state index contributed by atoms with van der Waals surface area (Å²) in [6.45, 7) is 4.62. The number of aryl methyl sites for hydroxylation is 1. The van der Waals surface area contributed by atoms with E-state index in [0.717, 1.165) is 60.4 Å². The lowest BCUT2D eigenvalue weighted by atomic mass is 10.1. The van der Waals surface area contributed by atoms with Gasteiger partial charge in [0.25, 0.3) is 0 Å². The van der Waals surface area contributed by atoms with Gasteiger partial charge < -0.3 is 9.47 Å². The lowest BCUT2D eigenvalue weighted by molar-refractivity contribution is -0.121. The summed E-state index contributed by atoms with van der Waals surface area (Å²) in [5, 5.41) is 5.46. The van der Waals surface area contributed by atoms with E-state index in [1.54, 1.807) is 6.21 Å². The Morgan fingerprint density at radius 3 is 2.29 bits per heavy atom. The number of nitrogens with one attached hydrogen (secondary N) is 1. The van der Waals surface area contributed by atoms with Gasteiger partial charge in [-0.1, -0.05) is 66.7 Å². The molecule has 2 heterocycles. The standard InChI is InChI=1S/C29H31N5O/c1-32-27-15-9-8-14-25(27)26(29(32)23-10-4-2-5-11-23)22-30-31-28(35)16-17-33-18-20-34(21-19-33)24-12-6-3-7-13-24/h2-15,22H,16-21H2,1H3,(H,31,35)/b30-22+. The topological polar surface area (TPSA) is 52.9 Å². The van der Waals surface area contributed by atoms with Crippen LogP contribution in [0.15, 0.2) is 90.0 Å². The average molecular weight is 466 g/mol. The molecule has 1 saturated heterocycles. The highest BCUT2D eigenvalue weighted by molar-refractivity contribution is 6.06. The van der Waals surface area contributed by atoms with Crippen LogP contribution in [0.4, 0.5) is 5.69 Å². The average Bonchev–Trinajstić information content (AvgIpc) is 3.20. The molecule has 1 aliphatic heterocycles. The van der Waals surface area contributed by atoms with E-state index in [-0.39, 0.29) is 5.91 Å². The van der Waals surface area contributed by atoms with Crippen molar-refractivity contribution in [3.05, 3.63) is 90.5 Å². The van der Waals surface area contributed by atoms with Crippen LogP contribution in [0.1, 0.15) is 12.0 Å². The van der Waals surface area contributed by atoms with Crippen molar-refractivity contribution in [2.75, 3.05) is 37.6 Å². The number of aromatic nitrogens is 1. The van der Waals surface area contributed by atoms with Gasteiger partial charge in [-0.25, -0.2) is 5.43 Å². The highest BCUT2D eigenvalue weighted by Gasteiger charge is 2.18. The summed E-state index contributed by atoms with van der Waals surface area (Å²) in [5.74, 6) is -0.0618. The third-order valence-corrected chi connectivity index (χ3v) is 6.72. The van der Waals surface area contributed by atoms with Crippen molar-refractivity contribution in [3.8, 4) is 11.3 Å². The van der Waals surface area contributed by atoms with E-state index in [0.29, 0.717) is 6.42 Å². The fourth-order valence-electron chi connectivity index (χ4n) is 4.85. The summed E-state index contributed by atoms with van der Waals surface area (Å²) in [6, 6.07) is 29.1. The molecule has 0 aliphatic carbocycles. The third kappa shape index (κ3) is 5.12. The van der Waals surface area contributed by atoms with Crippen LogP contribution in [-0.2, 0) is 11.8 Å². The predicted molar refractivity (Wildman–Crippen MR) is 144 cm³/mol. The van der Waals surface area contributed by atoms with Gasteiger partial charge in [0.1, 0.15) is 0 Å². The van der Waals surface area contributed by atoms with Gasteiger partial charge in [0.15, 0.2) is 0 Å². The van der Waals surface area contributed by atoms with E-state index in [4.69, 9.17) is 0 Å². The second-order valence-corrected chi connectivity index (χ2v) is 8.91. The highest BCUT2D eigenvalue weighted by Crippen LogP contribution is 2.31. The molecule has 178 valence electrons. The number of hydrazone groups is 1. The number of para-hydroxylation sites is 2. The van der Waals surface area contributed by atoms with Gasteiger partial charge in [-0.3, -0.25) is 9.69 Å². The molecule has 0 bridgehead atoms. The van der Waals surface area contributed by atoms with Crippen molar-refractivity contribution < 1.29 is 4.79 Å². The van der Waals surface area contributed by atoms with Gasteiger partial charge in [-0.05, 0) is 23.8 Å². The van der Waals surface area contributed by atoms with Crippen molar-refractivity contribution >= 4 is 28.7 Å². The monoisotopic (exact) mass is 465 g/mol. The SMILES string of the molecule is Cn1c(-c2ccccc2)c(/C=N/NC(=O)CCN2CCN(c3ccccc3)CC2)c2ccccc21. The molecule has 1 fully saturated rings. The molecule has 5 rings (SSSR count). The minimum atomic E-state index is -0.0618. The first-order valence-corrected chi connectivity index (χ1v) is 12.2. The normalized spacial score (nSPS) is 14.6. The van der Waals surface area contributed by atoms with Gasteiger partial charge in [0.2, 0.25) is 5.91 Å². The van der Waals surface area contributed by atoms with Crippen molar-refractivity contribution in [1.82, 2.24) is 14.9 Å². The van der Waals surface area contributed by atoms with Gasteiger partial charge in [-0.15, -0.1) is 0 Å². The molecule has 6 nitrogen and oxygen atoms in total. The molecule has 0 saturated carbocycles. The predicted octanol–water partition coefficient (Wildman–Crippen LogP) is 4.51. The molecule has 0 unspecified atom stereocenters. The first kappa shape index (κ1) is 22.9. The Bertz CT molecular complexity index is 1310. The van der Waals surface area contributed by atoms with Crippen LogP contribution < -0.4 is 10.3 Å². The molecule has 0 atom stereocenters. The number of fused-ring (bicyclic) bond motifs is 1. The molecule has 1 aromatic heterocycles. The van der Waals surface area contributed by atoms with Crippen LogP contribution in [0.3, 0.4) is 0 Å². The molecule has 3 aromatic carbocycles. The van der Waals surface area contributed by atoms with Crippen LogP contribution in [0.5, 0.6) is 0 Å². The van der Waals surface area contributed by atoms with Crippen molar-refractivity contribution in [3.63, 3.8) is 0 Å². The fraction of sp³-hybridized carbons (Fsp3) is 0.241. The Morgan fingerprint density at radius 1 is 0.886 bits per heavy atom. The summed E-state index contributed by atoms with van der Waals surface area (Å²) in [7, 11) is 2.07. The second kappa shape index (κ2) is 10.6. The van der Waals surface area contributed by atoms with E-state index in [2.05, 4.69) is 80.5 Å². The molecule has 1 aliphatic rings. The number of hydrogen-bond acceptors (Lipinski definition) is 4. The smallest absolute Gasteiger partial charge is 0.241 e. The van der Waals surface area contributed by atoms with Crippen LogP contribution in [0.2, 0.25) is 0 Å². The highest BCUT2D eigenvalue weighted by atomic mass is 16.2. The van der Waals surface area contributed by atoms with Crippen molar-refractivity contribution in [2.45, 2.75) is 6.42 Å². The van der Waals surface area contributed by atoms with E-state index in [9.17, 15) is 4.79 Å². The van der Waals surface area contributed by atoms with Gasteiger partial charge >= 0.3 is 0 Å². The van der Waals surface area contributed by atoms with Crippen molar-refractivity contribution in [1.29, 1.82) is 0 Å². The van der Waals surface area contributed by atoms with Gasteiger partial charge in [0, 0.05) is 68.3 Å². The van der Waals surface area contributed by atoms with Crippen molar-refractivity contribution in [2.24, 2.45) is 12.1 Å². The Balaban J connectivity index is 1.19. The summed E-state index contributed by atoms with van der Waals surface area (Å²) in [6.07, 6.45) is 2.21. The maximum atomic E-state index is 12.5. The lowest BCUT2D eigenvalue weighted by Gasteiger charge is -2.36. The summed E-state index contributed by atoms with van der Waals surface area (Å²) in [4.78, 5) is 17.3. The van der Waals surface area contributed by atoms with Crippen LogP contribution >= 0.6 is 0 Å². The number of hydrogen-bond donors (Lipinski definition) is 1.